The predicted molar refractivity (Wildman–Crippen MR) is 85.3 cm³/mol. The normalized spacial score (nSPS) is 11.1. The summed E-state index contributed by atoms with van der Waals surface area (Å²) in [7, 11) is 0. The quantitative estimate of drug-likeness (QED) is 0.273. The molecule has 2 aromatic carbocycles. The van der Waals surface area contributed by atoms with Gasteiger partial charge in [0.15, 0.2) is 0 Å². The van der Waals surface area contributed by atoms with E-state index in [9.17, 15) is 4.21 Å². The van der Waals surface area contributed by atoms with Crippen molar-refractivity contribution in [3.8, 4) is 0 Å². The van der Waals surface area contributed by atoms with E-state index in [-0.39, 0.29) is 62.5 Å². The van der Waals surface area contributed by atoms with Gasteiger partial charge in [0, 0.05) is 9.60 Å². The van der Waals surface area contributed by atoms with Crippen LogP contribution in [0.2, 0.25) is 35.2 Å². The Kier molecular flexibility index (Phi) is 4.97. The minimum Gasteiger partial charge on any atom is -0.0819 e. The van der Waals surface area contributed by atoms with Crippen LogP contribution in [0.1, 0.15) is 0 Å². The molecule has 0 aliphatic heterocycles. The van der Waals surface area contributed by atoms with Crippen molar-refractivity contribution in [3.05, 3.63) is 35.2 Å². The topological polar surface area (TPSA) is 17.1 Å². The molecule has 0 amide bonds. The van der Waals surface area contributed by atoms with Gasteiger partial charge < -0.3 is 0 Å². The maximum Gasteiger partial charge on any atom is 0.507 e. The third-order valence-corrected chi connectivity index (χ3v) is 6.20. The van der Waals surface area contributed by atoms with Gasteiger partial charge in [-0.15, -0.1) is 0 Å². The summed E-state index contributed by atoms with van der Waals surface area (Å²) in [6, 6.07) is 0. The van der Waals surface area contributed by atoms with Crippen molar-refractivity contribution in [2.24, 2.45) is 0 Å². The highest BCUT2D eigenvalue weighted by atomic mass is 35.5. The maximum atomic E-state index is 11.2. The van der Waals surface area contributed by atoms with Crippen LogP contribution in [0.25, 0.3) is 10.8 Å². The third-order valence-electron chi connectivity index (χ3n) is 2.38. The van der Waals surface area contributed by atoms with Crippen molar-refractivity contribution < 1.29 is 4.21 Å². The summed E-state index contributed by atoms with van der Waals surface area (Å²) in [4.78, 5) is 0.0940. The molecule has 100 valence electrons. The molecule has 0 aliphatic carbocycles. The van der Waals surface area contributed by atoms with Gasteiger partial charge in [-0.1, -0.05) is 81.2 Å². The summed E-state index contributed by atoms with van der Waals surface area (Å²) >= 11 is 42.2. The smallest absolute Gasteiger partial charge is 0.0819 e. The van der Waals surface area contributed by atoms with E-state index in [0.29, 0.717) is 0 Å². The van der Waals surface area contributed by atoms with E-state index in [0.717, 1.165) is 0 Å². The molecule has 0 N–H and O–H groups in total. The molecule has 0 aliphatic rings. The van der Waals surface area contributed by atoms with Gasteiger partial charge in [-0.3, -0.25) is 0 Å². The molecule has 0 aromatic heterocycles. The lowest BCUT2D eigenvalue weighted by molar-refractivity contribution is 0.605. The van der Waals surface area contributed by atoms with Crippen LogP contribution < -0.4 is 0 Å². The standard InChI is InChI=1S/C10Cl7OS/c11-3-1-2(5(13)7(15)6(3)14)10(19-18)9(17)8(16)4(1)12/q+1. The van der Waals surface area contributed by atoms with Gasteiger partial charge in [0.2, 0.25) is 0 Å². The van der Waals surface area contributed by atoms with Crippen LogP contribution in [0.15, 0.2) is 4.90 Å². The van der Waals surface area contributed by atoms with Crippen molar-refractivity contribution in [2.75, 3.05) is 0 Å². The van der Waals surface area contributed by atoms with Crippen molar-refractivity contribution in [3.63, 3.8) is 0 Å². The highest BCUT2D eigenvalue weighted by Crippen LogP contribution is 2.50. The van der Waals surface area contributed by atoms with E-state index in [1.54, 1.807) is 0 Å². The summed E-state index contributed by atoms with van der Waals surface area (Å²) in [6.07, 6.45) is 0. The monoisotopic (exact) mass is 413 g/mol. The average molecular weight is 416 g/mol. The fraction of sp³-hybridized carbons (Fsp3) is 0. The first-order valence-electron chi connectivity index (χ1n) is 4.44. The number of fused-ring (bicyclic) bond motifs is 1. The molecule has 9 heteroatoms. The molecule has 2 rings (SSSR count). The minimum atomic E-state index is -0.00415. The Balaban J connectivity index is 3.25. The van der Waals surface area contributed by atoms with Crippen LogP contribution in [0.5, 0.6) is 0 Å². The molecule has 19 heavy (non-hydrogen) atoms. The fourth-order valence-electron chi connectivity index (χ4n) is 1.54. The minimum absolute atomic E-state index is 0.00415. The highest BCUT2D eigenvalue weighted by molar-refractivity contribution is 7.66. The zero-order chi connectivity index (χ0) is 14.5. The molecular formula is C10Cl7OS+. The second-order valence-corrected chi connectivity index (χ2v) is 6.58. The number of halogens is 7. The van der Waals surface area contributed by atoms with Crippen LogP contribution in [-0.4, -0.2) is 0 Å². The molecule has 0 spiro atoms. The van der Waals surface area contributed by atoms with Gasteiger partial charge in [0.1, 0.15) is 5.02 Å². The number of hydrogen-bond acceptors (Lipinski definition) is 1. The first kappa shape index (κ1) is 16.1. The van der Waals surface area contributed by atoms with Gasteiger partial charge in [-0.2, -0.15) is 0 Å². The summed E-state index contributed by atoms with van der Waals surface area (Å²) in [6.45, 7) is 0. The van der Waals surface area contributed by atoms with E-state index >= 15 is 0 Å². The maximum absolute atomic E-state index is 11.2. The van der Waals surface area contributed by atoms with Crippen molar-refractivity contribution in [1.29, 1.82) is 0 Å². The molecule has 0 bridgehead atoms. The van der Waals surface area contributed by atoms with E-state index in [2.05, 4.69) is 0 Å². The summed E-state index contributed by atoms with van der Waals surface area (Å²) in [5, 5.41) is 0.699. The van der Waals surface area contributed by atoms with Gasteiger partial charge in [-0.25, -0.2) is 0 Å². The summed E-state index contributed by atoms with van der Waals surface area (Å²) in [5.41, 5.74) is 0. The highest BCUT2D eigenvalue weighted by Gasteiger charge is 2.30. The third kappa shape index (κ3) is 2.41. The van der Waals surface area contributed by atoms with Gasteiger partial charge in [0.25, 0.3) is 0 Å². The molecule has 0 atom stereocenters. The molecule has 0 heterocycles. The van der Waals surface area contributed by atoms with E-state index in [1.807, 2.05) is 0 Å². The number of hydrogen-bond donors (Lipinski definition) is 0. The Labute approximate surface area is 147 Å². The second-order valence-electron chi connectivity index (χ2n) is 3.36. The van der Waals surface area contributed by atoms with Crippen molar-refractivity contribution >= 4 is 104 Å². The first-order chi connectivity index (χ1) is 8.82. The van der Waals surface area contributed by atoms with Crippen LogP contribution in [-0.2, 0) is 15.9 Å². The molecule has 0 saturated carbocycles. The first-order valence-corrected chi connectivity index (χ1v) is 7.83. The lowest BCUT2D eigenvalue weighted by Gasteiger charge is -2.10. The zero-order valence-electron chi connectivity index (χ0n) is 8.46. The Morgan fingerprint density at radius 1 is 0.526 bits per heavy atom. The molecule has 0 unspecified atom stereocenters. The van der Waals surface area contributed by atoms with Crippen LogP contribution in [0.3, 0.4) is 0 Å². The lowest BCUT2D eigenvalue weighted by Crippen LogP contribution is -1.90. The van der Waals surface area contributed by atoms with Gasteiger partial charge in [-0.05, 0) is 0 Å². The Hall–Kier alpha value is 0.750. The molecule has 0 radical (unpaired) electrons. The Morgan fingerprint density at radius 2 is 0.895 bits per heavy atom. The van der Waals surface area contributed by atoms with E-state index < -0.39 is 0 Å². The molecule has 1 nitrogen and oxygen atoms in total. The van der Waals surface area contributed by atoms with Crippen LogP contribution in [0, 0.1) is 0 Å². The predicted octanol–water partition coefficient (Wildman–Crippen LogP) is 7.20. The van der Waals surface area contributed by atoms with Crippen LogP contribution in [0.4, 0.5) is 0 Å². The zero-order valence-corrected chi connectivity index (χ0v) is 14.6. The fourth-order valence-corrected chi connectivity index (χ4v) is 4.01. The van der Waals surface area contributed by atoms with Crippen molar-refractivity contribution in [2.45, 2.75) is 4.90 Å². The van der Waals surface area contributed by atoms with E-state index in [1.165, 1.54) is 0 Å². The SMILES string of the molecule is O=[S+]c1c(Cl)c(Cl)c(Cl)c2c(Cl)c(Cl)c(Cl)c(Cl)c12. The summed E-state index contributed by atoms with van der Waals surface area (Å²) in [5.74, 6) is 0. The number of benzene rings is 2. The Bertz CT molecular complexity index is 720. The van der Waals surface area contributed by atoms with Crippen molar-refractivity contribution in [1.82, 2.24) is 0 Å². The van der Waals surface area contributed by atoms with E-state index in [4.69, 9.17) is 81.2 Å². The lowest BCUT2D eigenvalue weighted by atomic mass is 10.1. The molecule has 2 aromatic rings. The second kappa shape index (κ2) is 5.86. The van der Waals surface area contributed by atoms with Gasteiger partial charge >= 0.3 is 16.6 Å². The Morgan fingerprint density at radius 3 is 1.32 bits per heavy atom. The summed E-state index contributed by atoms with van der Waals surface area (Å²) < 4.78 is 11.2. The average Bonchev–Trinajstić information content (AvgIpc) is 2.40. The largest absolute Gasteiger partial charge is 0.507 e. The number of rotatable bonds is 1. The molecular weight excluding hydrogens is 416 g/mol. The van der Waals surface area contributed by atoms with Gasteiger partial charge in [0.05, 0.1) is 35.5 Å². The molecule has 0 fully saturated rings. The van der Waals surface area contributed by atoms with Crippen LogP contribution >= 0.6 is 81.2 Å². The molecule has 0 saturated heterocycles.